The summed E-state index contributed by atoms with van der Waals surface area (Å²) in [6.45, 7) is 0. The van der Waals surface area contributed by atoms with Crippen molar-refractivity contribution in [3.63, 3.8) is 0 Å². The van der Waals surface area contributed by atoms with Crippen molar-refractivity contribution in [1.29, 1.82) is 0 Å². The second kappa shape index (κ2) is 5.69. The second-order valence-corrected chi connectivity index (χ2v) is 9.20. The molecule has 7 heteroatoms. The quantitative estimate of drug-likeness (QED) is 0.917. The lowest BCUT2D eigenvalue weighted by atomic mass is 10.1. The zero-order chi connectivity index (χ0) is 14.2. The minimum Gasteiger partial charge on any atom is -0.206 e. The van der Waals surface area contributed by atoms with Crippen LogP contribution in [0.15, 0.2) is 45.5 Å². The van der Waals surface area contributed by atoms with Gasteiger partial charge in [0.15, 0.2) is 0 Å². The molecule has 0 saturated heterocycles. The van der Waals surface area contributed by atoms with Crippen LogP contribution < -0.4 is 4.72 Å². The third-order valence-electron chi connectivity index (χ3n) is 3.07. The molecular formula is C13H12ClNO2S3. The molecule has 0 spiro atoms. The minimum absolute atomic E-state index is 0.168. The van der Waals surface area contributed by atoms with Gasteiger partial charge in [-0.1, -0.05) is 29.8 Å². The van der Waals surface area contributed by atoms with E-state index < -0.39 is 10.0 Å². The Bertz CT molecular complexity index is 727. The van der Waals surface area contributed by atoms with Crippen LogP contribution in [0.3, 0.4) is 0 Å². The summed E-state index contributed by atoms with van der Waals surface area (Å²) in [5, 5.41) is 0. The number of halogens is 1. The van der Waals surface area contributed by atoms with Gasteiger partial charge in [-0.05, 0) is 35.9 Å². The number of sulfonamides is 1. The van der Waals surface area contributed by atoms with Crippen molar-refractivity contribution < 1.29 is 8.42 Å². The lowest BCUT2D eigenvalue weighted by Gasteiger charge is -2.25. The highest BCUT2D eigenvalue weighted by Crippen LogP contribution is 2.37. The van der Waals surface area contributed by atoms with Gasteiger partial charge in [-0.3, -0.25) is 0 Å². The highest BCUT2D eigenvalue weighted by Gasteiger charge is 2.26. The van der Waals surface area contributed by atoms with Crippen molar-refractivity contribution in [2.75, 3.05) is 5.75 Å². The van der Waals surface area contributed by atoms with Crippen LogP contribution in [0.5, 0.6) is 0 Å². The van der Waals surface area contributed by atoms with Crippen LogP contribution in [0.2, 0.25) is 4.34 Å². The van der Waals surface area contributed by atoms with Gasteiger partial charge in [0, 0.05) is 10.9 Å². The molecule has 1 atom stereocenters. The summed E-state index contributed by atoms with van der Waals surface area (Å²) < 4.78 is 28.2. The maximum atomic E-state index is 12.4. The molecule has 106 valence electrons. The Labute approximate surface area is 131 Å². The molecule has 1 aromatic heterocycles. The van der Waals surface area contributed by atoms with Gasteiger partial charge >= 0.3 is 0 Å². The fourth-order valence-electron chi connectivity index (χ4n) is 2.15. The average molecular weight is 346 g/mol. The minimum atomic E-state index is -3.51. The maximum Gasteiger partial charge on any atom is 0.250 e. The lowest BCUT2D eigenvalue weighted by Crippen LogP contribution is -2.30. The number of rotatable bonds is 3. The van der Waals surface area contributed by atoms with E-state index in [1.807, 2.05) is 24.3 Å². The Balaban J connectivity index is 1.89. The molecule has 2 aromatic rings. The normalized spacial score (nSPS) is 18.8. The molecule has 3 nitrogen and oxygen atoms in total. The summed E-state index contributed by atoms with van der Waals surface area (Å²) in [4.78, 5) is 1.15. The molecule has 1 aromatic carbocycles. The Kier molecular flexibility index (Phi) is 4.10. The number of fused-ring (bicyclic) bond motifs is 1. The molecule has 1 aliphatic rings. The summed E-state index contributed by atoms with van der Waals surface area (Å²) in [5.74, 6) is 0.912. The van der Waals surface area contributed by atoms with Crippen molar-refractivity contribution >= 4 is 44.7 Å². The second-order valence-electron chi connectivity index (χ2n) is 4.41. The van der Waals surface area contributed by atoms with Crippen LogP contribution >= 0.6 is 34.7 Å². The number of hydrogen-bond donors (Lipinski definition) is 1. The topological polar surface area (TPSA) is 46.2 Å². The van der Waals surface area contributed by atoms with E-state index in [-0.39, 0.29) is 10.3 Å². The Hall–Kier alpha value is -0.530. The molecule has 20 heavy (non-hydrogen) atoms. The maximum absolute atomic E-state index is 12.4. The smallest absolute Gasteiger partial charge is 0.206 e. The molecule has 0 fully saturated rings. The summed E-state index contributed by atoms with van der Waals surface area (Å²) in [6, 6.07) is 10.9. The average Bonchev–Trinajstić information content (AvgIpc) is 2.86. The van der Waals surface area contributed by atoms with Gasteiger partial charge in [-0.15, -0.1) is 23.1 Å². The van der Waals surface area contributed by atoms with Crippen molar-refractivity contribution in [2.24, 2.45) is 0 Å². The van der Waals surface area contributed by atoms with E-state index in [0.717, 1.165) is 34.0 Å². The Morgan fingerprint density at radius 3 is 2.75 bits per heavy atom. The zero-order valence-corrected chi connectivity index (χ0v) is 13.6. The fourth-order valence-corrected chi connectivity index (χ4v) is 6.03. The van der Waals surface area contributed by atoms with Gasteiger partial charge in [0.1, 0.15) is 4.21 Å². The summed E-state index contributed by atoms with van der Waals surface area (Å²) >= 11 is 8.65. The number of benzene rings is 1. The van der Waals surface area contributed by atoms with E-state index >= 15 is 0 Å². The van der Waals surface area contributed by atoms with Crippen molar-refractivity contribution in [2.45, 2.75) is 21.6 Å². The number of thiophene rings is 1. The van der Waals surface area contributed by atoms with Gasteiger partial charge in [0.05, 0.1) is 4.34 Å². The molecule has 0 saturated carbocycles. The number of hydrogen-bond acceptors (Lipinski definition) is 4. The van der Waals surface area contributed by atoms with Crippen LogP contribution in [0.1, 0.15) is 18.0 Å². The van der Waals surface area contributed by atoms with E-state index in [1.165, 1.54) is 0 Å². The van der Waals surface area contributed by atoms with Crippen LogP contribution in [-0.2, 0) is 10.0 Å². The molecule has 0 radical (unpaired) electrons. The van der Waals surface area contributed by atoms with Gasteiger partial charge < -0.3 is 0 Å². The van der Waals surface area contributed by atoms with E-state index in [9.17, 15) is 8.42 Å². The Morgan fingerprint density at radius 1 is 1.20 bits per heavy atom. The molecule has 0 bridgehead atoms. The van der Waals surface area contributed by atoms with Crippen LogP contribution in [0, 0.1) is 0 Å². The van der Waals surface area contributed by atoms with Crippen LogP contribution in [0.25, 0.3) is 0 Å². The first-order valence-electron chi connectivity index (χ1n) is 6.06. The molecule has 2 heterocycles. The van der Waals surface area contributed by atoms with Gasteiger partial charge in [0.25, 0.3) is 10.0 Å². The SMILES string of the molecule is O=S(=O)(N[C@H]1CCSc2ccccc21)c1ccc(Cl)s1. The third-order valence-corrected chi connectivity index (χ3v) is 7.39. The molecule has 0 aliphatic carbocycles. The first kappa shape index (κ1) is 14.4. The highest BCUT2D eigenvalue weighted by molar-refractivity contribution is 7.99. The number of thioether (sulfide) groups is 1. The largest absolute Gasteiger partial charge is 0.250 e. The summed E-state index contributed by atoms with van der Waals surface area (Å²) in [6.07, 6.45) is 0.792. The van der Waals surface area contributed by atoms with E-state index in [4.69, 9.17) is 11.6 Å². The fraction of sp³-hybridized carbons (Fsp3) is 0.231. The first-order chi connectivity index (χ1) is 9.56. The molecule has 1 N–H and O–H groups in total. The number of nitrogens with one attached hydrogen (secondary N) is 1. The predicted molar refractivity (Wildman–Crippen MR) is 84.2 cm³/mol. The molecule has 0 unspecified atom stereocenters. The van der Waals surface area contributed by atoms with Crippen LogP contribution in [-0.4, -0.2) is 14.2 Å². The summed E-state index contributed by atoms with van der Waals surface area (Å²) in [7, 11) is -3.51. The molecule has 3 rings (SSSR count). The molecule has 0 amide bonds. The highest BCUT2D eigenvalue weighted by atomic mass is 35.5. The van der Waals surface area contributed by atoms with E-state index in [1.54, 1.807) is 23.9 Å². The van der Waals surface area contributed by atoms with Crippen molar-refractivity contribution in [3.8, 4) is 0 Å². The van der Waals surface area contributed by atoms with Crippen molar-refractivity contribution in [1.82, 2.24) is 4.72 Å². The molecular weight excluding hydrogens is 334 g/mol. The van der Waals surface area contributed by atoms with Crippen LogP contribution in [0.4, 0.5) is 0 Å². The monoisotopic (exact) mass is 345 g/mol. The Morgan fingerprint density at radius 2 is 2.00 bits per heavy atom. The zero-order valence-electron chi connectivity index (χ0n) is 10.4. The third kappa shape index (κ3) is 2.89. The van der Waals surface area contributed by atoms with Crippen molar-refractivity contribution in [3.05, 3.63) is 46.3 Å². The predicted octanol–water partition coefficient (Wildman–Crippen LogP) is 3.92. The van der Waals surface area contributed by atoms with Gasteiger partial charge in [-0.25, -0.2) is 13.1 Å². The molecule has 1 aliphatic heterocycles. The van der Waals surface area contributed by atoms with Gasteiger partial charge in [0.2, 0.25) is 0 Å². The first-order valence-corrected chi connectivity index (χ1v) is 9.72. The van der Waals surface area contributed by atoms with E-state index in [0.29, 0.717) is 4.34 Å². The summed E-state index contributed by atoms with van der Waals surface area (Å²) in [5.41, 5.74) is 1.05. The van der Waals surface area contributed by atoms with E-state index in [2.05, 4.69) is 4.72 Å². The lowest BCUT2D eigenvalue weighted by molar-refractivity contribution is 0.548. The van der Waals surface area contributed by atoms with Gasteiger partial charge in [-0.2, -0.15) is 0 Å². The standard InChI is InChI=1S/C13H12ClNO2S3/c14-12-5-6-13(19-12)20(16,17)15-10-7-8-18-11-4-2-1-3-9(10)11/h1-6,10,15H,7-8H2/t10-/m0/s1.